The van der Waals surface area contributed by atoms with Gasteiger partial charge in [0.2, 0.25) is 0 Å². The van der Waals surface area contributed by atoms with Crippen molar-refractivity contribution >= 4 is 5.69 Å². The molecule has 0 radical (unpaired) electrons. The molecule has 2 aromatic carbocycles. The van der Waals surface area contributed by atoms with Crippen molar-refractivity contribution in [3.63, 3.8) is 0 Å². The fourth-order valence-electron chi connectivity index (χ4n) is 2.08. The minimum Gasteiger partial charge on any atom is -0.399 e. The second-order valence-corrected chi connectivity index (χ2v) is 4.54. The van der Waals surface area contributed by atoms with Gasteiger partial charge < -0.3 is 5.73 Å². The van der Waals surface area contributed by atoms with Crippen molar-refractivity contribution in [2.45, 2.75) is 26.2 Å². The number of aryl methyl sites for hydroxylation is 3. The summed E-state index contributed by atoms with van der Waals surface area (Å²) in [4.78, 5) is 0. The van der Waals surface area contributed by atoms with Crippen LogP contribution in [0.25, 0.3) is 0 Å². The normalized spacial score (nSPS) is 10.4. The number of benzene rings is 2. The molecule has 0 unspecified atom stereocenters. The zero-order valence-electron chi connectivity index (χ0n) is 10.3. The molecule has 0 aliphatic carbocycles. The van der Waals surface area contributed by atoms with Crippen LogP contribution in [0.2, 0.25) is 0 Å². The number of hydrogen-bond donors (Lipinski definition) is 1. The maximum atomic E-state index is 5.97. The van der Waals surface area contributed by atoms with E-state index in [1.54, 1.807) is 0 Å². The molecule has 88 valence electrons. The minimum absolute atomic E-state index is 0.920. The van der Waals surface area contributed by atoms with E-state index in [0.717, 1.165) is 24.9 Å². The number of nitrogens with two attached hydrogens (primary N) is 1. The Morgan fingerprint density at radius 1 is 0.941 bits per heavy atom. The molecule has 0 aromatic heterocycles. The standard InChI is InChI=1S/C16H19N/c1-13-10-11-16(17)15(12-13)9-5-8-14-6-3-2-4-7-14/h2-4,6-7,10-12H,5,8-9,17H2,1H3. The molecule has 0 atom stereocenters. The van der Waals surface area contributed by atoms with Gasteiger partial charge in [-0.1, -0.05) is 48.0 Å². The van der Waals surface area contributed by atoms with Crippen molar-refractivity contribution in [1.29, 1.82) is 0 Å². The van der Waals surface area contributed by atoms with E-state index >= 15 is 0 Å². The lowest BCUT2D eigenvalue weighted by atomic mass is 10.0. The van der Waals surface area contributed by atoms with E-state index in [1.807, 2.05) is 6.07 Å². The largest absolute Gasteiger partial charge is 0.399 e. The molecule has 0 saturated carbocycles. The van der Waals surface area contributed by atoms with E-state index < -0.39 is 0 Å². The quantitative estimate of drug-likeness (QED) is 0.788. The smallest absolute Gasteiger partial charge is 0.0346 e. The first-order valence-electron chi connectivity index (χ1n) is 6.14. The molecular formula is C16H19N. The Labute approximate surface area is 103 Å². The molecule has 0 saturated heterocycles. The van der Waals surface area contributed by atoms with E-state index in [-0.39, 0.29) is 0 Å². The summed E-state index contributed by atoms with van der Waals surface area (Å²) in [6, 6.07) is 16.9. The SMILES string of the molecule is Cc1ccc(N)c(CCCc2ccccc2)c1. The van der Waals surface area contributed by atoms with Gasteiger partial charge in [0.15, 0.2) is 0 Å². The Bertz CT molecular complexity index is 474. The van der Waals surface area contributed by atoms with Gasteiger partial charge in [-0.05, 0) is 43.4 Å². The molecular weight excluding hydrogens is 206 g/mol. The first-order chi connectivity index (χ1) is 8.25. The van der Waals surface area contributed by atoms with Crippen LogP contribution < -0.4 is 5.73 Å². The highest BCUT2D eigenvalue weighted by molar-refractivity contribution is 5.48. The van der Waals surface area contributed by atoms with Crippen LogP contribution >= 0.6 is 0 Å². The van der Waals surface area contributed by atoms with Crippen molar-refractivity contribution in [1.82, 2.24) is 0 Å². The summed E-state index contributed by atoms with van der Waals surface area (Å²) < 4.78 is 0. The lowest BCUT2D eigenvalue weighted by Crippen LogP contribution is -1.96. The highest BCUT2D eigenvalue weighted by Crippen LogP contribution is 2.16. The van der Waals surface area contributed by atoms with Crippen LogP contribution in [-0.4, -0.2) is 0 Å². The molecule has 0 amide bonds. The molecule has 1 nitrogen and oxygen atoms in total. The molecule has 0 spiro atoms. The second kappa shape index (κ2) is 5.53. The third kappa shape index (κ3) is 3.35. The average Bonchev–Trinajstić information content (AvgIpc) is 2.35. The number of hydrogen-bond acceptors (Lipinski definition) is 1. The van der Waals surface area contributed by atoms with Crippen LogP contribution in [0.1, 0.15) is 23.1 Å². The van der Waals surface area contributed by atoms with Gasteiger partial charge in [-0.25, -0.2) is 0 Å². The highest BCUT2D eigenvalue weighted by Gasteiger charge is 2.00. The third-order valence-corrected chi connectivity index (χ3v) is 3.05. The molecule has 2 aromatic rings. The molecule has 0 fully saturated rings. The zero-order chi connectivity index (χ0) is 12.1. The van der Waals surface area contributed by atoms with Gasteiger partial charge >= 0.3 is 0 Å². The molecule has 0 heterocycles. The van der Waals surface area contributed by atoms with Gasteiger partial charge in [0.25, 0.3) is 0 Å². The van der Waals surface area contributed by atoms with Gasteiger partial charge in [0, 0.05) is 5.69 Å². The van der Waals surface area contributed by atoms with Crippen LogP contribution in [0.3, 0.4) is 0 Å². The topological polar surface area (TPSA) is 26.0 Å². The summed E-state index contributed by atoms with van der Waals surface area (Å²) in [7, 11) is 0. The summed E-state index contributed by atoms with van der Waals surface area (Å²) in [6.07, 6.45) is 3.33. The summed E-state index contributed by atoms with van der Waals surface area (Å²) in [5, 5.41) is 0. The number of anilines is 1. The minimum atomic E-state index is 0.920. The van der Waals surface area contributed by atoms with Gasteiger partial charge in [-0.3, -0.25) is 0 Å². The van der Waals surface area contributed by atoms with Crippen molar-refractivity contribution in [3.05, 3.63) is 65.2 Å². The van der Waals surface area contributed by atoms with Gasteiger partial charge in [-0.15, -0.1) is 0 Å². The first-order valence-corrected chi connectivity index (χ1v) is 6.14. The number of nitrogen functional groups attached to an aromatic ring is 1. The van der Waals surface area contributed by atoms with E-state index in [0.29, 0.717) is 0 Å². The number of rotatable bonds is 4. The van der Waals surface area contributed by atoms with Crippen molar-refractivity contribution < 1.29 is 0 Å². The molecule has 0 aliphatic rings. The van der Waals surface area contributed by atoms with Gasteiger partial charge in [0.1, 0.15) is 0 Å². The van der Waals surface area contributed by atoms with E-state index in [2.05, 4.69) is 49.4 Å². The summed E-state index contributed by atoms with van der Waals surface area (Å²) in [5.74, 6) is 0. The first kappa shape index (κ1) is 11.7. The fraction of sp³-hybridized carbons (Fsp3) is 0.250. The predicted octanol–water partition coefficient (Wildman–Crippen LogP) is 3.75. The van der Waals surface area contributed by atoms with Crippen LogP contribution in [0.5, 0.6) is 0 Å². The second-order valence-electron chi connectivity index (χ2n) is 4.54. The average molecular weight is 225 g/mol. The van der Waals surface area contributed by atoms with Crippen molar-refractivity contribution in [3.8, 4) is 0 Å². The lowest BCUT2D eigenvalue weighted by molar-refractivity contribution is 0.821. The Morgan fingerprint density at radius 3 is 2.47 bits per heavy atom. The van der Waals surface area contributed by atoms with Crippen LogP contribution in [0.15, 0.2) is 48.5 Å². The molecule has 2 N–H and O–H groups in total. The zero-order valence-corrected chi connectivity index (χ0v) is 10.3. The summed E-state index contributed by atoms with van der Waals surface area (Å²) in [6.45, 7) is 2.11. The Kier molecular flexibility index (Phi) is 3.81. The maximum Gasteiger partial charge on any atom is 0.0346 e. The van der Waals surface area contributed by atoms with E-state index in [1.165, 1.54) is 16.7 Å². The lowest BCUT2D eigenvalue weighted by Gasteiger charge is -2.07. The van der Waals surface area contributed by atoms with Crippen LogP contribution in [0.4, 0.5) is 5.69 Å². The summed E-state index contributed by atoms with van der Waals surface area (Å²) >= 11 is 0. The Morgan fingerprint density at radius 2 is 1.71 bits per heavy atom. The highest BCUT2D eigenvalue weighted by atomic mass is 14.6. The predicted molar refractivity (Wildman–Crippen MR) is 74.1 cm³/mol. The van der Waals surface area contributed by atoms with Crippen molar-refractivity contribution in [2.24, 2.45) is 0 Å². The Hall–Kier alpha value is -1.76. The van der Waals surface area contributed by atoms with Crippen LogP contribution in [0, 0.1) is 6.92 Å². The Balaban J connectivity index is 1.92. The molecule has 2 rings (SSSR count). The summed E-state index contributed by atoms with van der Waals surface area (Å²) in [5.41, 5.74) is 10.9. The van der Waals surface area contributed by atoms with Crippen LogP contribution in [-0.2, 0) is 12.8 Å². The van der Waals surface area contributed by atoms with Gasteiger partial charge in [0.05, 0.1) is 0 Å². The van der Waals surface area contributed by atoms with E-state index in [4.69, 9.17) is 5.73 Å². The van der Waals surface area contributed by atoms with Gasteiger partial charge in [-0.2, -0.15) is 0 Å². The fourth-order valence-corrected chi connectivity index (χ4v) is 2.08. The molecule has 0 aliphatic heterocycles. The molecule has 17 heavy (non-hydrogen) atoms. The monoisotopic (exact) mass is 225 g/mol. The molecule has 1 heteroatoms. The van der Waals surface area contributed by atoms with Crippen molar-refractivity contribution in [2.75, 3.05) is 5.73 Å². The molecule has 0 bridgehead atoms. The maximum absolute atomic E-state index is 5.97. The third-order valence-electron chi connectivity index (χ3n) is 3.05. The van der Waals surface area contributed by atoms with E-state index in [9.17, 15) is 0 Å².